The van der Waals surface area contributed by atoms with Gasteiger partial charge in [-0.25, -0.2) is 8.78 Å². The third kappa shape index (κ3) is 2.76. The fourth-order valence-electron chi connectivity index (χ4n) is 2.44. The number of carbonyl (C=O) groups is 1. The van der Waals surface area contributed by atoms with Crippen LogP contribution in [0.1, 0.15) is 23.2 Å². The van der Waals surface area contributed by atoms with E-state index in [-0.39, 0.29) is 18.4 Å². The Hall–Kier alpha value is -1.95. The van der Waals surface area contributed by atoms with E-state index in [2.05, 4.69) is 10.3 Å². The fourth-order valence-corrected chi connectivity index (χ4v) is 2.61. The number of nitrogens with one attached hydrogen (secondary N) is 2. The van der Waals surface area contributed by atoms with Crippen LogP contribution in [-0.2, 0) is 0 Å². The van der Waals surface area contributed by atoms with E-state index in [0.717, 1.165) is 6.07 Å². The average Bonchev–Trinajstić information content (AvgIpc) is 2.36. The lowest BCUT2D eigenvalue weighted by atomic mass is 9.88. The Labute approximate surface area is 123 Å². The lowest BCUT2D eigenvalue weighted by molar-refractivity contribution is -0.0901. The summed E-state index contributed by atoms with van der Waals surface area (Å²) in [5.41, 5.74) is 0.163. The van der Waals surface area contributed by atoms with Gasteiger partial charge in [0, 0.05) is 40.9 Å². The lowest BCUT2D eigenvalue weighted by Gasteiger charge is -2.35. The molecule has 110 valence electrons. The van der Waals surface area contributed by atoms with Crippen molar-refractivity contribution in [1.82, 2.24) is 10.3 Å². The third-order valence-corrected chi connectivity index (χ3v) is 3.71. The first kappa shape index (κ1) is 14.0. The Kier molecular flexibility index (Phi) is 3.20. The van der Waals surface area contributed by atoms with Crippen molar-refractivity contribution in [3.8, 4) is 0 Å². The van der Waals surface area contributed by atoms with Gasteiger partial charge in [0.25, 0.3) is 11.8 Å². The van der Waals surface area contributed by atoms with Gasteiger partial charge in [-0.3, -0.25) is 9.59 Å². The second kappa shape index (κ2) is 4.80. The highest BCUT2D eigenvalue weighted by Gasteiger charge is 2.46. The maximum absolute atomic E-state index is 12.8. The number of fused-ring (bicyclic) bond motifs is 1. The molecular weight excluding hydrogens is 302 g/mol. The maximum Gasteiger partial charge on any atom is 0.252 e. The molecule has 1 fully saturated rings. The molecule has 1 aromatic heterocycles. The molecule has 0 saturated heterocycles. The molecule has 2 aromatic rings. The van der Waals surface area contributed by atoms with Crippen LogP contribution in [0.3, 0.4) is 0 Å². The first-order valence-corrected chi connectivity index (χ1v) is 6.73. The summed E-state index contributed by atoms with van der Waals surface area (Å²) in [7, 11) is 0. The number of rotatable bonds is 2. The van der Waals surface area contributed by atoms with E-state index in [9.17, 15) is 18.4 Å². The fraction of sp³-hybridized carbons (Fsp3) is 0.286. The molecule has 1 aliphatic rings. The van der Waals surface area contributed by atoms with Crippen LogP contribution in [0.5, 0.6) is 0 Å². The zero-order valence-electron chi connectivity index (χ0n) is 10.8. The van der Waals surface area contributed by atoms with Crippen molar-refractivity contribution in [3.05, 3.63) is 45.2 Å². The Bertz CT molecular complexity index is 780. The molecule has 1 heterocycles. The highest BCUT2D eigenvalue weighted by Crippen LogP contribution is 2.37. The molecule has 0 aliphatic heterocycles. The number of hydrogen-bond donors (Lipinski definition) is 2. The quantitative estimate of drug-likeness (QED) is 0.895. The largest absolute Gasteiger partial charge is 0.349 e. The van der Waals surface area contributed by atoms with E-state index in [0.29, 0.717) is 15.9 Å². The summed E-state index contributed by atoms with van der Waals surface area (Å²) in [6.45, 7) is 0. The number of pyridine rings is 1. The van der Waals surface area contributed by atoms with Gasteiger partial charge >= 0.3 is 0 Å². The van der Waals surface area contributed by atoms with Crippen molar-refractivity contribution in [2.75, 3.05) is 0 Å². The number of amides is 1. The minimum absolute atomic E-state index is 0.131. The molecule has 0 bridgehead atoms. The van der Waals surface area contributed by atoms with E-state index in [4.69, 9.17) is 11.6 Å². The van der Waals surface area contributed by atoms with E-state index in [1.165, 1.54) is 0 Å². The standard InChI is InChI=1S/C14H11ClF2N2O2/c15-7-1-2-11-9(3-7)10(4-12(20)19-11)13(21)18-8-5-14(16,17)6-8/h1-4,8H,5-6H2,(H,18,21)(H,19,20). The molecule has 7 heteroatoms. The summed E-state index contributed by atoms with van der Waals surface area (Å²) in [5.74, 6) is -3.26. The molecule has 4 nitrogen and oxygen atoms in total. The molecular formula is C14H11ClF2N2O2. The van der Waals surface area contributed by atoms with E-state index in [1.807, 2.05) is 0 Å². The SMILES string of the molecule is O=C(NC1CC(F)(F)C1)c1cc(=O)[nH]c2ccc(Cl)cc12. The summed E-state index contributed by atoms with van der Waals surface area (Å²) in [4.78, 5) is 26.4. The Balaban J connectivity index is 1.94. The molecule has 0 radical (unpaired) electrons. The van der Waals surface area contributed by atoms with Crippen LogP contribution in [0.4, 0.5) is 8.78 Å². The van der Waals surface area contributed by atoms with Gasteiger partial charge in [-0.15, -0.1) is 0 Å². The van der Waals surface area contributed by atoms with Crippen molar-refractivity contribution in [2.24, 2.45) is 0 Å². The van der Waals surface area contributed by atoms with Gasteiger partial charge in [0.2, 0.25) is 5.56 Å². The predicted molar refractivity (Wildman–Crippen MR) is 75.0 cm³/mol. The van der Waals surface area contributed by atoms with Crippen LogP contribution in [-0.4, -0.2) is 22.9 Å². The summed E-state index contributed by atoms with van der Waals surface area (Å²) >= 11 is 5.89. The first-order valence-electron chi connectivity index (χ1n) is 6.35. The van der Waals surface area contributed by atoms with Crippen molar-refractivity contribution in [3.63, 3.8) is 0 Å². The van der Waals surface area contributed by atoms with E-state index < -0.39 is 23.4 Å². The molecule has 1 saturated carbocycles. The minimum atomic E-state index is -2.71. The molecule has 1 amide bonds. The van der Waals surface area contributed by atoms with Crippen molar-refractivity contribution in [2.45, 2.75) is 24.8 Å². The highest BCUT2D eigenvalue weighted by atomic mass is 35.5. The number of halogens is 3. The molecule has 3 rings (SSSR count). The van der Waals surface area contributed by atoms with E-state index in [1.54, 1.807) is 18.2 Å². The number of alkyl halides is 2. The van der Waals surface area contributed by atoms with Gasteiger partial charge in [-0.1, -0.05) is 11.6 Å². The van der Waals surface area contributed by atoms with Crippen LogP contribution in [0.2, 0.25) is 5.02 Å². The monoisotopic (exact) mass is 312 g/mol. The summed E-state index contributed by atoms with van der Waals surface area (Å²) < 4.78 is 25.6. The van der Waals surface area contributed by atoms with Gasteiger partial charge in [-0.05, 0) is 18.2 Å². The molecule has 0 spiro atoms. The Morgan fingerprint density at radius 2 is 2.05 bits per heavy atom. The molecule has 2 N–H and O–H groups in total. The number of aromatic nitrogens is 1. The number of carbonyl (C=O) groups excluding carboxylic acids is 1. The number of H-pyrrole nitrogens is 1. The maximum atomic E-state index is 12.8. The van der Waals surface area contributed by atoms with Gasteiger partial charge in [-0.2, -0.15) is 0 Å². The summed E-state index contributed by atoms with van der Waals surface area (Å²) in [5, 5.41) is 3.41. The van der Waals surface area contributed by atoms with Crippen LogP contribution in [0, 0.1) is 0 Å². The molecule has 0 unspecified atom stereocenters. The smallest absolute Gasteiger partial charge is 0.252 e. The molecule has 1 aliphatic carbocycles. The van der Waals surface area contributed by atoms with Crippen LogP contribution in [0.25, 0.3) is 10.9 Å². The molecule has 1 aromatic carbocycles. The number of benzene rings is 1. The van der Waals surface area contributed by atoms with Crippen molar-refractivity contribution in [1.29, 1.82) is 0 Å². The average molecular weight is 313 g/mol. The van der Waals surface area contributed by atoms with Gasteiger partial charge in [0.15, 0.2) is 0 Å². The second-order valence-electron chi connectivity index (χ2n) is 5.17. The predicted octanol–water partition coefficient (Wildman–Crippen LogP) is 2.71. The first-order chi connectivity index (χ1) is 9.84. The highest BCUT2D eigenvalue weighted by molar-refractivity contribution is 6.31. The number of hydrogen-bond acceptors (Lipinski definition) is 2. The minimum Gasteiger partial charge on any atom is -0.349 e. The lowest BCUT2D eigenvalue weighted by Crippen LogP contribution is -2.50. The molecule has 0 atom stereocenters. The number of aromatic amines is 1. The van der Waals surface area contributed by atoms with Crippen LogP contribution < -0.4 is 10.9 Å². The molecule has 21 heavy (non-hydrogen) atoms. The van der Waals surface area contributed by atoms with Crippen LogP contribution in [0.15, 0.2) is 29.1 Å². The van der Waals surface area contributed by atoms with Gasteiger partial charge in [0.1, 0.15) is 0 Å². The van der Waals surface area contributed by atoms with E-state index >= 15 is 0 Å². The van der Waals surface area contributed by atoms with Gasteiger partial charge < -0.3 is 10.3 Å². The zero-order chi connectivity index (χ0) is 15.2. The third-order valence-electron chi connectivity index (χ3n) is 3.48. The second-order valence-corrected chi connectivity index (χ2v) is 5.61. The van der Waals surface area contributed by atoms with Gasteiger partial charge in [0.05, 0.1) is 5.56 Å². The summed E-state index contributed by atoms with van der Waals surface area (Å²) in [6.07, 6.45) is -0.749. The van der Waals surface area contributed by atoms with Crippen LogP contribution >= 0.6 is 11.6 Å². The zero-order valence-corrected chi connectivity index (χ0v) is 11.5. The topological polar surface area (TPSA) is 62.0 Å². The Morgan fingerprint density at radius 3 is 2.71 bits per heavy atom. The summed E-state index contributed by atoms with van der Waals surface area (Å²) in [6, 6.07) is 5.31. The Morgan fingerprint density at radius 1 is 1.33 bits per heavy atom. The van der Waals surface area contributed by atoms with Crippen molar-refractivity contribution >= 4 is 28.4 Å². The van der Waals surface area contributed by atoms with Crippen molar-refractivity contribution < 1.29 is 13.6 Å². The normalized spacial score (nSPS) is 17.5.